The van der Waals surface area contributed by atoms with E-state index in [0.29, 0.717) is 6.61 Å². The first-order chi connectivity index (χ1) is 7.08. The van der Waals surface area contributed by atoms with Crippen LogP contribution in [-0.2, 0) is 9.47 Å². The molecule has 3 atom stereocenters. The van der Waals surface area contributed by atoms with Crippen molar-refractivity contribution in [2.45, 2.75) is 69.9 Å². The molecular weight excluding hydrogens is 192 g/mol. The lowest BCUT2D eigenvalue weighted by molar-refractivity contribution is -0.311. The van der Waals surface area contributed by atoms with Crippen molar-refractivity contribution in [1.29, 1.82) is 0 Å². The molecule has 2 aliphatic rings. The fraction of sp³-hybridized carbons (Fsp3) is 1.00. The third-order valence-electron chi connectivity index (χ3n) is 3.74. The summed E-state index contributed by atoms with van der Waals surface area (Å²) < 4.78 is 11.5. The van der Waals surface area contributed by atoms with Crippen molar-refractivity contribution in [3.63, 3.8) is 0 Å². The van der Waals surface area contributed by atoms with E-state index in [9.17, 15) is 5.11 Å². The van der Waals surface area contributed by atoms with E-state index < -0.39 is 5.79 Å². The molecule has 0 spiro atoms. The highest BCUT2D eigenvalue weighted by atomic mass is 16.7. The molecule has 0 aromatic heterocycles. The zero-order valence-corrected chi connectivity index (χ0v) is 9.79. The molecular formula is C12H22O3. The van der Waals surface area contributed by atoms with Crippen LogP contribution < -0.4 is 0 Å². The van der Waals surface area contributed by atoms with Crippen LogP contribution in [0.15, 0.2) is 0 Å². The Kier molecular flexibility index (Phi) is 3.06. The zero-order valence-electron chi connectivity index (χ0n) is 9.79. The van der Waals surface area contributed by atoms with Crippen molar-refractivity contribution in [3.05, 3.63) is 0 Å². The summed E-state index contributed by atoms with van der Waals surface area (Å²) >= 11 is 0. The Morgan fingerprint density at radius 1 is 1.40 bits per heavy atom. The molecule has 2 saturated heterocycles. The first-order valence-corrected chi connectivity index (χ1v) is 6.12. The van der Waals surface area contributed by atoms with Crippen molar-refractivity contribution < 1.29 is 14.6 Å². The average Bonchev–Trinajstić information content (AvgIpc) is 2.55. The monoisotopic (exact) mass is 214 g/mol. The molecule has 2 unspecified atom stereocenters. The summed E-state index contributed by atoms with van der Waals surface area (Å²) in [5.41, 5.74) is -0.169. The van der Waals surface area contributed by atoms with E-state index in [-0.39, 0.29) is 11.7 Å². The van der Waals surface area contributed by atoms with Crippen LogP contribution in [0.1, 0.15) is 52.4 Å². The molecule has 0 amide bonds. The molecule has 0 radical (unpaired) electrons. The van der Waals surface area contributed by atoms with Crippen LogP contribution in [0.2, 0.25) is 0 Å². The maximum atomic E-state index is 9.88. The summed E-state index contributed by atoms with van der Waals surface area (Å²) in [4.78, 5) is 0. The molecule has 0 aromatic rings. The van der Waals surface area contributed by atoms with Gasteiger partial charge in [0.05, 0.1) is 11.7 Å². The van der Waals surface area contributed by atoms with Gasteiger partial charge in [0.25, 0.3) is 0 Å². The minimum absolute atomic E-state index is 0.0908. The lowest BCUT2D eigenvalue weighted by Crippen LogP contribution is -2.52. The molecule has 0 aliphatic carbocycles. The van der Waals surface area contributed by atoms with E-state index in [1.807, 2.05) is 0 Å². The second-order valence-corrected chi connectivity index (χ2v) is 5.15. The predicted octanol–water partition coefficient (Wildman–Crippen LogP) is 2.22. The molecule has 0 saturated carbocycles. The van der Waals surface area contributed by atoms with E-state index in [1.54, 1.807) is 0 Å². The van der Waals surface area contributed by atoms with Crippen LogP contribution in [0.25, 0.3) is 0 Å². The summed E-state index contributed by atoms with van der Waals surface area (Å²) in [7, 11) is 0. The van der Waals surface area contributed by atoms with Gasteiger partial charge in [-0.05, 0) is 19.8 Å². The van der Waals surface area contributed by atoms with Crippen molar-refractivity contribution in [2.24, 2.45) is 0 Å². The normalized spacial score (nSPS) is 44.6. The van der Waals surface area contributed by atoms with Gasteiger partial charge in [0.15, 0.2) is 5.79 Å². The van der Waals surface area contributed by atoms with Crippen molar-refractivity contribution in [1.82, 2.24) is 0 Å². The molecule has 2 bridgehead atoms. The Morgan fingerprint density at radius 2 is 2.20 bits per heavy atom. The highest BCUT2D eigenvalue weighted by Crippen LogP contribution is 2.43. The Labute approximate surface area is 91.8 Å². The van der Waals surface area contributed by atoms with Crippen LogP contribution >= 0.6 is 0 Å². The van der Waals surface area contributed by atoms with Crippen LogP contribution in [0.5, 0.6) is 0 Å². The largest absolute Gasteiger partial charge is 0.367 e. The van der Waals surface area contributed by atoms with E-state index in [0.717, 1.165) is 19.3 Å². The number of fused-ring (bicyclic) bond motifs is 2. The van der Waals surface area contributed by atoms with Gasteiger partial charge in [-0.2, -0.15) is 0 Å². The molecule has 2 aliphatic heterocycles. The highest BCUT2D eigenvalue weighted by molar-refractivity contribution is 4.96. The Hall–Kier alpha value is -0.120. The predicted molar refractivity (Wildman–Crippen MR) is 57.6 cm³/mol. The molecule has 3 heteroatoms. The molecule has 0 aromatic carbocycles. The van der Waals surface area contributed by atoms with Gasteiger partial charge in [0.1, 0.15) is 6.61 Å². The number of unbranched alkanes of at least 4 members (excludes halogenated alkanes) is 2. The summed E-state index contributed by atoms with van der Waals surface area (Å²) in [6.45, 7) is 4.67. The topological polar surface area (TPSA) is 38.7 Å². The third-order valence-corrected chi connectivity index (χ3v) is 3.74. The minimum Gasteiger partial charge on any atom is -0.367 e. The van der Waals surface area contributed by atoms with Gasteiger partial charge in [-0.15, -0.1) is 0 Å². The van der Waals surface area contributed by atoms with E-state index >= 15 is 0 Å². The Balaban J connectivity index is 1.92. The SMILES string of the molecule is CCCCCC1(C)OCC2(O)CC[C@@H]1O2. The Morgan fingerprint density at radius 3 is 2.93 bits per heavy atom. The summed E-state index contributed by atoms with van der Waals surface area (Å²) in [6.07, 6.45) is 6.45. The summed E-state index contributed by atoms with van der Waals surface area (Å²) in [5.74, 6) is -0.977. The number of aliphatic hydroxyl groups is 1. The molecule has 2 heterocycles. The molecule has 3 nitrogen and oxygen atoms in total. The summed E-state index contributed by atoms with van der Waals surface area (Å²) in [6, 6.07) is 0. The van der Waals surface area contributed by atoms with Gasteiger partial charge in [-0.25, -0.2) is 0 Å². The van der Waals surface area contributed by atoms with Gasteiger partial charge in [0.2, 0.25) is 0 Å². The van der Waals surface area contributed by atoms with Crippen LogP contribution in [0.4, 0.5) is 0 Å². The smallest absolute Gasteiger partial charge is 0.189 e. The fourth-order valence-electron chi connectivity index (χ4n) is 2.61. The van der Waals surface area contributed by atoms with Gasteiger partial charge in [-0.3, -0.25) is 0 Å². The fourth-order valence-corrected chi connectivity index (χ4v) is 2.61. The molecule has 1 N–H and O–H groups in total. The molecule has 2 fully saturated rings. The lowest BCUT2D eigenvalue weighted by Gasteiger charge is -2.42. The maximum Gasteiger partial charge on any atom is 0.189 e. The first kappa shape index (κ1) is 11.4. The van der Waals surface area contributed by atoms with E-state index in [2.05, 4.69) is 13.8 Å². The molecule has 88 valence electrons. The number of hydrogen-bond acceptors (Lipinski definition) is 3. The number of ether oxygens (including phenoxy) is 2. The second-order valence-electron chi connectivity index (χ2n) is 5.15. The number of rotatable bonds is 4. The van der Waals surface area contributed by atoms with Gasteiger partial charge in [-0.1, -0.05) is 26.2 Å². The molecule has 15 heavy (non-hydrogen) atoms. The summed E-state index contributed by atoms with van der Waals surface area (Å²) in [5, 5.41) is 9.88. The quantitative estimate of drug-likeness (QED) is 0.729. The van der Waals surface area contributed by atoms with Crippen LogP contribution in [0.3, 0.4) is 0 Å². The van der Waals surface area contributed by atoms with Crippen molar-refractivity contribution >= 4 is 0 Å². The average molecular weight is 214 g/mol. The first-order valence-electron chi connectivity index (χ1n) is 6.12. The standard InChI is InChI=1S/C12H22O3/c1-3-4-5-7-11(2)10-6-8-12(13,15-10)9-14-11/h10,13H,3-9H2,1-2H3/t10-,11?,12?/m0/s1. The van der Waals surface area contributed by atoms with Crippen molar-refractivity contribution in [2.75, 3.05) is 6.61 Å². The van der Waals surface area contributed by atoms with Crippen molar-refractivity contribution in [3.8, 4) is 0 Å². The van der Waals surface area contributed by atoms with Gasteiger partial charge >= 0.3 is 0 Å². The zero-order chi connectivity index (χ0) is 10.9. The minimum atomic E-state index is -0.977. The van der Waals surface area contributed by atoms with E-state index in [4.69, 9.17) is 9.47 Å². The molecule has 2 rings (SSSR count). The number of hydrogen-bond donors (Lipinski definition) is 1. The maximum absolute atomic E-state index is 9.88. The van der Waals surface area contributed by atoms with Gasteiger partial charge < -0.3 is 14.6 Å². The van der Waals surface area contributed by atoms with E-state index in [1.165, 1.54) is 19.3 Å². The van der Waals surface area contributed by atoms with Crippen LogP contribution in [0, 0.1) is 0 Å². The van der Waals surface area contributed by atoms with Crippen LogP contribution in [-0.4, -0.2) is 29.2 Å². The third kappa shape index (κ3) is 2.19. The van der Waals surface area contributed by atoms with Gasteiger partial charge in [0, 0.05) is 6.42 Å². The Bertz CT molecular complexity index is 231. The highest BCUT2D eigenvalue weighted by Gasteiger charge is 2.52. The second kappa shape index (κ2) is 4.04. The lowest BCUT2D eigenvalue weighted by atomic mass is 9.90.